The van der Waals surface area contributed by atoms with Gasteiger partial charge < -0.3 is 15.2 Å². The van der Waals surface area contributed by atoms with E-state index >= 15 is 0 Å². The number of carbonyl (C=O) groups excluding carboxylic acids is 1. The minimum Gasteiger partial charge on any atom is -0.545 e. The molecule has 4 rings (SSSR count). The number of allylic oxidation sites excluding steroid dienone is 2. The summed E-state index contributed by atoms with van der Waals surface area (Å²) >= 11 is 0. The Kier molecular flexibility index (Phi) is 3.53. The van der Waals surface area contributed by atoms with Crippen LogP contribution in [0.1, 0.15) is 39.9 Å². The third kappa shape index (κ3) is 2.46. The zero-order valence-electron chi connectivity index (χ0n) is 13.2. The molecule has 1 heterocycles. The van der Waals surface area contributed by atoms with Gasteiger partial charge in [-0.1, -0.05) is 42.5 Å². The van der Waals surface area contributed by atoms with E-state index in [0.717, 1.165) is 17.5 Å². The van der Waals surface area contributed by atoms with Crippen LogP contribution in [0.5, 0.6) is 0 Å². The lowest BCUT2D eigenvalue weighted by Gasteiger charge is -2.38. The van der Waals surface area contributed by atoms with Crippen LogP contribution in [0.2, 0.25) is 0 Å². The number of carboxylic acid groups (broad SMARTS) is 1. The fraction of sp³-hybridized carbons (Fsp3) is 0.211. The second-order valence-corrected chi connectivity index (χ2v) is 6.38. The predicted octanol–water partition coefficient (Wildman–Crippen LogP) is 2.78. The van der Waals surface area contributed by atoms with E-state index in [4.69, 9.17) is 0 Å². The Balaban J connectivity index is 1.83. The minimum atomic E-state index is -1.23. The zero-order valence-corrected chi connectivity index (χ0v) is 13.2. The smallest absolute Gasteiger partial charge is 0.269 e. The molecule has 0 saturated heterocycles. The van der Waals surface area contributed by atoms with E-state index in [1.807, 2.05) is 12.1 Å². The van der Waals surface area contributed by atoms with E-state index in [0.29, 0.717) is 5.69 Å². The Hall–Kier alpha value is -3.15. The number of anilines is 1. The largest absolute Gasteiger partial charge is 0.545 e. The van der Waals surface area contributed by atoms with Crippen LogP contribution in [-0.2, 0) is 0 Å². The lowest BCUT2D eigenvalue weighted by atomic mass is 9.76. The monoisotopic (exact) mass is 335 g/mol. The summed E-state index contributed by atoms with van der Waals surface area (Å²) < 4.78 is 0. The van der Waals surface area contributed by atoms with Crippen LogP contribution in [0.25, 0.3) is 0 Å². The Labute approximate surface area is 144 Å². The van der Waals surface area contributed by atoms with Crippen LogP contribution in [0.15, 0.2) is 54.6 Å². The molecule has 3 atom stereocenters. The molecule has 126 valence electrons. The van der Waals surface area contributed by atoms with Crippen LogP contribution < -0.4 is 10.4 Å². The number of nitro benzene ring substituents is 1. The first-order chi connectivity index (χ1) is 12.1. The van der Waals surface area contributed by atoms with Gasteiger partial charge in [0.05, 0.1) is 16.9 Å². The summed E-state index contributed by atoms with van der Waals surface area (Å²) in [4.78, 5) is 22.2. The summed E-state index contributed by atoms with van der Waals surface area (Å²) in [6.07, 6.45) is 5.01. The van der Waals surface area contributed by atoms with Gasteiger partial charge in [-0.15, -0.1) is 0 Å². The SMILES string of the molecule is O=C([O-])c1cccc2c1N[C@H](c1cccc([N+](=O)[O-])c1)[C@@H]1CC=C[C@H]21. The van der Waals surface area contributed by atoms with Crippen molar-refractivity contribution >= 4 is 17.3 Å². The van der Waals surface area contributed by atoms with E-state index in [2.05, 4.69) is 17.5 Å². The summed E-state index contributed by atoms with van der Waals surface area (Å²) in [6.45, 7) is 0. The fourth-order valence-electron chi connectivity index (χ4n) is 3.95. The second-order valence-electron chi connectivity index (χ2n) is 6.38. The molecular weight excluding hydrogens is 320 g/mol. The molecule has 0 fully saturated rings. The average molecular weight is 335 g/mol. The highest BCUT2D eigenvalue weighted by molar-refractivity contribution is 5.94. The van der Waals surface area contributed by atoms with E-state index in [1.165, 1.54) is 12.1 Å². The van der Waals surface area contributed by atoms with Gasteiger partial charge in [-0.3, -0.25) is 10.1 Å². The number of hydrogen-bond acceptors (Lipinski definition) is 5. The normalized spacial score (nSPS) is 23.4. The minimum absolute atomic E-state index is 0.0285. The van der Waals surface area contributed by atoms with Crippen molar-refractivity contribution < 1.29 is 14.8 Å². The number of para-hydroxylation sites is 1. The summed E-state index contributed by atoms with van der Waals surface area (Å²) in [5.41, 5.74) is 2.41. The molecule has 6 heteroatoms. The van der Waals surface area contributed by atoms with Gasteiger partial charge in [0.15, 0.2) is 0 Å². The second kappa shape index (κ2) is 5.73. The number of carbonyl (C=O) groups is 1. The molecule has 6 nitrogen and oxygen atoms in total. The van der Waals surface area contributed by atoms with Crippen molar-refractivity contribution in [2.45, 2.75) is 18.4 Å². The Morgan fingerprint density at radius 3 is 2.76 bits per heavy atom. The van der Waals surface area contributed by atoms with Crippen LogP contribution in [0.4, 0.5) is 11.4 Å². The summed E-state index contributed by atoms with van der Waals surface area (Å²) in [7, 11) is 0. The van der Waals surface area contributed by atoms with Crippen molar-refractivity contribution in [2.75, 3.05) is 5.32 Å². The fourth-order valence-corrected chi connectivity index (χ4v) is 3.95. The number of carboxylic acids is 1. The highest BCUT2D eigenvalue weighted by atomic mass is 16.6. The lowest BCUT2D eigenvalue weighted by Crippen LogP contribution is -2.32. The van der Waals surface area contributed by atoms with Crippen LogP contribution in [-0.4, -0.2) is 10.9 Å². The molecule has 0 saturated carbocycles. The number of nitrogens with zero attached hydrogens (tertiary/aromatic N) is 1. The molecule has 1 aliphatic carbocycles. The molecule has 0 aromatic heterocycles. The van der Waals surface area contributed by atoms with Crippen molar-refractivity contribution in [3.8, 4) is 0 Å². The van der Waals surface area contributed by atoms with E-state index < -0.39 is 10.9 Å². The highest BCUT2D eigenvalue weighted by Crippen LogP contribution is 2.50. The van der Waals surface area contributed by atoms with Crippen LogP contribution in [0.3, 0.4) is 0 Å². The molecular formula is C19H15N2O4-. The summed E-state index contributed by atoms with van der Waals surface area (Å²) in [6, 6.07) is 11.5. The molecule has 0 radical (unpaired) electrons. The Morgan fingerprint density at radius 1 is 1.20 bits per heavy atom. The van der Waals surface area contributed by atoms with Crippen molar-refractivity contribution in [3.05, 3.63) is 81.4 Å². The predicted molar refractivity (Wildman–Crippen MR) is 90.2 cm³/mol. The van der Waals surface area contributed by atoms with E-state index in [-0.39, 0.29) is 29.1 Å². The Morgan fingerprint density at radius 2 is 2.00 bits per heavy atom. The summed E-state index contributed by atoms with van der Waals surface area (Å²) in [5.74, 6) is -0.964. The number of non-ortho nitro benzene ring substituents is 1. The van der Waals surface area contributed by atoms with Gasteiger partial charge in [-0.05, 0) is 23.5 Å². The quantitative estimate of drug-likeness (QED) is 0.529. The summed E-state index contributed by atoms with van der Waals surface area (Å²) in [5, 5.41) is 25.9. The van der Waals surface area contributed by atoms with Crippen molar-refractivity contribution in [1.82, 2.24) is 0 Å². The highest BCUT2D eigenvalue weighted by Gasteiger charge is 2.39. The van der Waals surface area contributed by atoms with Gasteiger partial charge in [0.1, 0.15) is 0 Å². The number of aromatic carboxylic acids is 1. The molecule has 2 aromatic rings. The molecule has 0 spiro atoms. The molecule has 0 bridgehead atoms. The first-order valence-corrected chi connectivity index (χ1v) is 8.08. The molecule has 0 unspecified atom stereocenters. The zero-order chi connectivity index (χ0) is 17.6. The van der Waals surface area contributed by atoms with Gasteiger partial charge >= 0.3 is 0 Å². The molecule has 1 N–H and O–H groups in total. The van der Waals surface area contributed by atoms with Gasteiger partial charge in [-0.25, -0.2) is 0 Å². The van der Waals surface area contributed by atoms with Gasteiger partial charge in [-0.2, -0.15) is 0 Å². The Bertz CT molecular complexity index is 906. The topological polar surface area (TPSA) is 95.3 Å². The number of hydrogen-bond donors (Lipinski definition) is 1. The first kappa shape index (κ1) is 15.4. The maximum atomic E-state index is 11.5. The first-order valence-electron chi connectivity index (χ1n) is 8.08. The van der Waals surface area contributed by atoms with Crippen molar-refractivity contribution in [3.63, 3.8) is 0 Å². The third-order valence-electron chi connectivity index (χ3n) is 5.06. The van der Waals surface area contributed by atoms with Crippen LogP contribution in [0, 0.1) is 16.0 Å². The molecule has 1 aliphatic heterocycles. The number of rotatable bonds is 3. The van der Waals surface area contributed by atoms with Crippen molar-refractivity contribution in [1.29, 1.82) is 0 Å². The van der Waals surface area contributed by atoms with Crippen LogP contribution >= 0.6 is 0 Å². The maximum Gasteiger partial charge on any atom is 0.269 e. The standard InChI is InChI=1S/C19H16N2O4/c22-19(23)16-9-3-8-15-13-6-2-7-14(13)17(20-18(15)16)11-4-1-5-12(10-11)21(24)25/h1-6,8-10,13-14,17,20H,7H2,(H,22,23)/p-1/t13-,14+,17+/m0/s1. The molecule has 2 aromatic carbocycles. The van der Waals surface area contributed by atoms with Crippen molar-refractivity contribution in [2.24, 2.45) is 5.92 Å². The van der Waals surface area contributed by atoms with Gasteiger partial charge in [0.25, 0.3) is 5.69 Å². The number of fused-ring (bicyclic) bond motifs is 3. The van der Waals surface area contributed by atoms with Gasteiger partial charge in [0.2, 0.25) is 0 Å². The molecule has 25 heavy (non-hydrogen) atoms. The number of nitrogens with one attached hydrogen (secondary N) is 1. The molecule has 2 aliphatic rings. The number of nitro groups is 1. The molecule has 0 amide bonds. The lowest BCUT2D eigenvalue weighted by molar-refractivity contribution is -0.384. The van der Waals surface area contributed by atoms with E-state index in [1.54, 1.807) is 18.2 Å². The number of benzene rings is 2. The third-order valence-corrected chi connectivity index (χ3v) is 5.06. The average Bonchev–Trinajstić information content (AvgIpc) is 3.10. The van der Waals surface area contributed by atoms with Gasteiger partial charge in [0, 0.05) is 29.3 Å². The maximum absolute atomic E-state index is 11.5. The van der Waals surface area contributed by atoms with E-state index in [9.17, 15) is 20.0 Å².